The lowest BCUT2D eigenvalue weighted by molar-refractivity contribution is 0.0651. The van der Waals surface area contributed by atoms with Gasteiger partial charge < -0.3 is 20.2 Å². The maximum atomic E-state index is 12.2. The fraction of sp³-hybridized carbons (Fsp3) is 0. The Morgan fingerprint density at radius 1 is 0.419 bits per heavy atom. The monoisotopic (exact) mass is 804 g/mol. The van der Waals surface area contributed by atoms with Gasteiger partial charge in [-0.25, -0.2) is 19.6 Å². The fourth-order valence-electron chi connectivity index (χ4n) is 8.29. The van der Waals surface area contributed by atoms with Gasteiger partial charge in [-0.2, -0.15) is 0 Å². The number of carboxylic acids is 2. The number of nitrogens with one attached hydrogen (secondary N) is 2. The molecule has 8 nitrogen and oxygen atoms in total. The lowest BCUT2D eigenvalue weighted by Crippen LogP contribution is -2.07. The molecule has 0 radical (unpaired) electrons. The molecular formula is C54H36N4O4. The minimum Gasteiger partial charge on any atom is -0.478 e. The Labute approximate surface area is 356 Å². The molecule has 0 saturated heterocycles. The van der Waals surface area contributed by atoms with Crippen LogP contribution >= 0.6 is 0 Å². The van der Waals surface area contributed by atoms with Crippen molar-refractivity contribution in [1.82, 2.24) is 19.9 Å². The van der Waals surface area contributed by atoms with Crippen molar-refractivity contribution in [3.63, 3.8) is 0 Å². The van der Waals surface area contributed by atoms with Crippen LogP contribution in [0.4, 0.5) is 0 Å². The lowest BCUT2D eigenvalue weighted by atomic mass is 10.0. The van der Waals surface area contributed by atoms with E-state index in [0.29, 0.717) is 5.56 Å². The molecule has 0 amide bonds. The number of aromatic carboxylic acids is 2. The molecule has 0 unspecified atom stereocenters. The topological polar surface area (TPSA) is 132 Å². The molecule has 8 heteroatoms. The average Bonchev–Trinajstić information content (AvgIpc) is 4.15. The van der Waals surface area contributed by atoms with E-state index in [1.165, 1.54) is 12.1 Å². The minimum atomic E-state index is -1.32. The molecule has 2 aliphatic heterocycles. The number of fused-ring (bicyclic) bond motifs is 8. The zero-order chi connectivity index (χ0) is 42.2. The molecule has 10 rings (SSSR count). The summed E-state index contributed by atoms with van der Waals surface area (Å²) in [5, 5.41) is 19.6. The van der Waals surface area contributed by atoms with Crippen molar-refractivity contribution in [1.29, 1.82) is 0 Å². The summed E-state index contributed by atoms with van der Waals surface area (Å²) in [4.78, 5) is 42.5. The van der Waals surface area contributed by atoms with E-state index in [1.54, 1.807) is 12.1 Å². The van der Waals surface area contributed by atoms with E-state index in [0.717, 1.165) is 94.9 Å². The van der Waals surface area contributed by atoms with Crippen molar-refractivity contribution in [2.24, 2.45) is 0 Å². The Morgan fingerprint density at radius 2 is 0.839 bits per heavy atom. The molecule has 4 N–H and O–H groups in total. The Balaban J connectivity index is 1.37. The number of hydrogen-bond acceptors (Lipinski definition) is 4. The van der Waals surface area contributed by atoms with Gasteiger partial charge in [-0.1, -0.05) is 140 Å². The first-order chi connectivity index (χ1) is 30.4. The molecule has 8 aromatic rings. The molecule has 0 saturated carbocycles. The van der Waals surface area contributed by atoms with Crippen LogP contribution in [0.1, 0.15) is 54.6 Å². The second kappa shape index (κ2) is 15.9. The normalized spacial score (nSPS) is 11.9. The first-order valence-electron chi connectivity index (χ1n) is 20.1. The fourth-order valence-corrected chi connectivity index (χ4v) is 8.29. The second-order valence-corrected chi connectivity index (χ2v) is 14.9. The van der Waals surface area contributed by atoms with Crippen LogP contribution in [-0.4, -0.2) is 42.1 Å². The Kier molecular flexibility index (Phi) is 9.63. The summed E-state index contributed by atoms with van der Waals surface area (Å²) in [6.07, 6.45) is 12.0. The highest BCUT2D eigenvalue weighted by Crippen LogP contribution is 2.39. The van der Waals surface area contributed by atoms with Gasteiger partial charge in [-0.3, -0.25) is 0 Å². The second-order valence-electron chi connectivity index (χ2n) is 14.9. The molecule has 296 valence electrons. The molecule has 0 atom stereocenters. The van der Waals surface area contributed by atoms with Crippen molar-refractivity contribution < 1.29 is 19.8 Å². The van der Waals surface area contributed by atoms with E-state index in [2.05, 4.69) is 94.9 Å². The molecule has 0 aliphatic carbocycles. The molecule has 3 aromatic heterocycles. The van der Waals surface area contributed by atoms with Crippen molar-refractivity contribution in [3.05, 3.63) is 203 Å². The summed E-state index contributed by atoms with van der Waals surface area (Å²) >= 11 is 0. The third-order valence-electron chi connectivity index (χ3n) is 11.1. The number of hydrogen-bond donors (Lipinski definition) is 4. The van der Waals surface area contributed by atoms with Gasteiger partial charge in [0.1, 0.15) is 0 Å². The van der Waals surface area contributed by atoms with E-state index in [4.69, 9.17) is 9.97 Å². The number of aromatic amines is 2. The molecule has 0 spiro atoms. The largest absolute Gasteiger partial charge is 0.478 e. The van der Waals surface area contributed by atoms with Crippen LogP contribution in [0.2, 0.25) is 0 Å². The molecule has 8 bridgehead atoms. The van der Waals surface area contributed by atoms with Crippen molar-refractivity contribution in [3.8, 4) is 44.5 Å². The molecular weight excluding hydrogens is 769 g/mol. The first kappa shape index (κ1) is 37.6. The predicted octanol–water partition coefficient (Wildman–Crippen LogP) is 12.9. The average molecular weight is 805 g/mol. The summed E-state index contributed by atoms with van der Waals surface area (Å²) < 4.78 is 0. The van der Waals surface area contributed by atoms with Gasteiger partial charge in [0.25, 0.3) is 0 Å². The number of benzene rings is 5. The zero-order valence-electron chi connectivity index (χ0n) is 33.1. The Bertz CT molecular complexity index is 3330. The van der Waals surface area contributed by atoms with E-state index >= 15 is 0 Å². The van der Waals surface area contributed by atoms with Gasteiger partial charge in [-0.05, 0) is 82.5 Å². The Morgan fingerprint density at radius 3 is 1.29 bits per heavy atom. The van der Waals surface area contributed by atoms with Crippen molar-refractivity contribution in [2.45, 2.75) is 0 Å². The zero-order valence-corrected chi connectivity index (χ0v) is 33.1. The molecule has 5 heterocycles. The lowest BCUT2D eigenvalue weighted by Gasteiger charge is -2.07. The van der Waals surface area contributed by atoms with Crippen LogP contribution < -0.4 is 0 Å². The number of carbonyl (C=O) groups is 2. The molecule has 0 fully saturated rings. The van der Waals surface area contributed by atoms with Gasteiger partial charge in [0.05, 0.1) is 39.4 Å². The maximum Gasteiger partial charge on any atom is 0.336 e. The highest BCUT2D eigenvalue weighted by atomic mass is 16.4. The predicted molar refractivity (Wildman–Crippen MR) is 250 cm³/mol. The van der Waals surface area contributed by atoms with Gasteiger partial charge in [-0.15, -0.1) is 0 Å². The summed E-state index contributed by atoms with van der Waals surface area (Å²) in [5.74, 6) is -2.62. The summed E-state index contributed by atoms with van der Waals surface area (Å²) in [6.45, 7) is 0. The van der Waals surface area contributed by atoms with Gasteiger partial charge in [0, 0.05) is 44.4 Å². The quantitative estimate of drug-likeness (QED) is 0.121. The van der Waals surface area contributed by atoms with Crippen LogP contribution in [0, 0.1) is 0 Å². The number of aromatic nitrogens is 4. The van der Waals surface area contributed by atoms with Gasteiger partial charge >= 0.3 is 11.9 Å². The third-order valence-corrected chi connectivity index (χ3v) is 11.1. The SMILES string of the molecule is O=C(O)c1ccc(/C=C/c2cc3[nH]c2c(-c2ccccc2)c2nc(c(-c4ccccc4)c4ccc([nH]4)c(-c4ccccc4)c4nc(c3-c3ccccc3)C=C4)C=C2)cc1C(=O)O. The number of nitrogens with zero attached hydrogens (tertiary/aromatic N) is 2. The van der Waals surface area contributed by atoms with Gasteiger partial charge in [0.2, 0.25) is 0 Å². The van der Waals surface area contributed by atoms with Crippen LogP contribution in [0.3, 0.4) is 0 Å². The van der Waals surface area contributed by atoms with Gasteiger partial charge in [0.15, 0.2) is 0 Å². The number of carboxylic acid groups (broad SMARTS) is 2. The van der Waals surface area contributed by atoms with Crippen molar-refractivity contribution >= 4 is 70.5 Å². The highest BCUT2D eigenvalue weighted by Gasteiger charge is 2.21. The van der Waals surface area contributed by atoms with Crippen LogP contribution in [-0.2, 0) is 0 Å². The Hall–Kier alpha value is -8.62. The highest BCUT2D eigenvalue weighted by molar-refractivity contribution is 6.04. The van der Waals surface area contributed by atoms with Crippen molar-refractivity contribution in [2.75, 3.05) is 0 Å². The molecule has 62 heavy (non-hydrogen) atoms. The van der Waals surface area contributed by atoms with E-state index in [-0.39, 0.29) is 11.1 Å². The third kappa shape index (κ3) is 7.01. The summed E-state index contributed by atoms with van der Waals surface area (Å²) in [7, 11) is 0. The van der Waals surface area contributed by atoms with Crippen LogP contribution in [0.5, 0.6) is 0 Å². The standard InChI is InChI=1S/C54H36N4O4/c59-53(60)39-24-22-33(31-40(39)54(61)62)21-23-38-32-47-50(36-17-9-3-10-18-36)45-28-27-43(56-45)48(34-13-5-1-6-14-34)41-25-26-42(55-41)49(35-15-7-2-8-16-35)44-29-30-46(57-44)51(52(38)58-47)37-19-11-4-12-20-37/h1-32,55,58H,(H,59,60)(H,61,62)/b23-21+,48-41?,48-43?,49-42?,49-44?,50-45?,50-47?,51-46?,52-51?. The summed E-state index contributed by atoms with van der Waals surface area (Å²) in [6, 6.07) is 51.4. The molecule has 5 aromatic carbocycles. The number of rotatable bonds is 8. The smallest absolute Gasteiger partial charge is 0.336 e. The summed E-state index contributed by atoms with van der Waals surface area (Å²) in [5.41, 5.74) is 14.8. The maximum absolute atomic E-state index is 12.2. The number of H-pyrrole nitrogens is 2. The minimum absolute atomic E-state index is 0.278. The van der Waals surface area contributed by atoms with Crippen LogP contribution in [0.15, 0.2) is 158 Å². The molecule has 2 aliphatic rings. The first-order valence-corrected chi connectivity index (χ1v) is 20.1. The van der Waals surface area contributed by atoms with E-state index < -0.39 is 11.9 Å². The van der Waals surface area contributed by atoms with E-state index in [9.17, 15) is 19.8 Å². The van der Waals surface area contributed by atoms with E-state index in [1.807, 2.05) is 84.9 Å². The van der Waals surface area contributed by atoms with Crippen LogP contribution in [0.25, 0.3) is 103 Å².